The Morgan fingerprint density at radius 1 is 1.12 bits per heavy atom. The highest BCUT2D eigenvalue weighted by Crippen LogP contribution is 2.23. The van der Waals surface area contributed by atoms with Gasteiger partial charge in [0.05, 0.1) is 11.4 Å². The fourth-order valence-corrected chi connectivity index (χ4v) is 2.74. The molecule has 0 aliphatic rings. The second-order valence-corrected chi connectivity index (χ2v) is 5.68. The number of fused-ring (bicyclic) bond motifs is 1. The van der Waals surface area contributed by atoms with Crippen LogP contribution >= 0.6 is 0 Å². The zero-order valence-corrected chi connectivity index (χ0v) is 13.6. The number of H-pyrrole nitrogens is 1. The fourth-order valence-electron chi connectivity index (χ4n) is 2.74. The lowest BCUT2D eigenvalue weighted by Gasteiger charge is -2.04. The van der Waals surface area contributed by atoms with Crippen molar-refractivity contribution in [3.05, 3.63) is 82.4 Å². The Kier molecular flexibility index (Phi) is 3.78. The molecule has 0 aliphatic carbocycles. The van der Waals surface area contributed by atoms with E-state index in [-0.39, 0.29) is 12.2 Å². The van der Waals surface area contributed by atoms with Gasteiger partial charge in [0.1, 0.15) is 6.61 Å². The van der Waals surface area contributed by atoms with E-state index in [9.17, 15) is 4.79 Å². The lowest BCUT2D eigenvalue weighted by Crippen LogP contribution is -2.16. The first-order chi connectivity index (χ1) is 12.2. The molecule has 6 nitrogen and oxygen atoms in total. The van der Waals surface area contributed by atoms with Gasteiger partial charge in [0.25, 0.3) is 5.56 Å². The molecule has 0 spiro atoms. The van der Waals surface area contributed by atoms with E-state index >= 15 is 0 Å². The van der Waals surface area contributed by atoms with Crippen LogP contribution in [0.2, 0.25) is 0 Å². The Morgan fingerprint density at radius 3 is 2.68 bits per heavy atom. The van der Waals surface area contributed by atoms with E-state index in [1.807, 2.05) is 49.4 Å². The summed E-state index contributed by atoms with van der Waals surface area (Å²) in [5.74, 6) is 0.500. The second-order valence-electron chi connectivity index (χ2n) is 5.68. The first-order valence-electron chi connectivity index (χ1n) is 7.93. The molecule has 0 amide bonds. The van der Waals surface area contributed by atoms with E-state index in [0.717, 1.165) is 16.8 Å². The number of hydrogen-bond donors (Lipinski definition) is 1. The summed E-state index contributed by atoms with van der Waals surface area (Å²) in [5, 5.41) is 3.14. The Balaban J connectivity index is 1.72. The van der Waals surface area contributed by atoms with Crippen LogP contribution < -0.4 is 10.3 Å². The van der Waals surface area contributed by atoms with Gasteiger partial charge < -0.3 is 4.74 Å². The number of aromatic amines is 1. The number of rotatable bonds is 4. The number of hydrogen-bond acceptors (Lipinski definition) is 4. The molecule has 0 fully saturated rings. The molecule has 25 heavy (non-hydrogen) atoms. The van der Waals surface area contributed by atoms with Crippen LogP contribution in [0.25, 0.3) is 16.9 Å². The van der Waals surface area contributed by atoms with Crippen LogP contribution in [-0.4, -0.2) is 19.6 Å². The molecule has 3 heterocycles. The van der Waals surface area contributed by atoms with Gasteiger partial charge in [-0.05, 0) is 18.6 Å². The number of pyridine rings is 1. The fraction of sp³-hybridized carbons (Fsp3) is 0.105. The van der Waals surface area contributed by atoms with Crippen molar-refractivity contribution in [2.75, 3.05) is 0 Å². The molecule has 6 heteroatoms. The summed E-state index contributed by atoms with van der Waals surface area (Å²) < 4.78 is 7.06. The van der Waals surface area contributed by atoms with Crippen LogP contribution in [-0.2, 0) is 6.61 Å². The van der Waals surface area contributed by atoms with Crippen molar-refractivity contribution in [1.82, 2.24) is 19.6 Å². The first-order valence-corrected chi connectivity index (χ1v) is 7.93. The van der Waals surface area contributed by atoms with Crippen molar-refractivity contribution in [3.8, 4) is 17.1 Å². The van der Waals surface area contributed by atoms with E-state index in [1.165, 1.54) is 10.6 Å². The molecule has 1 aromatic carbocycles. The number of aromatic nitrogens is 4. The molecule has 4 rings (SSSR count). The minimum absolute atomic E-state index is 0.171. The number of nitrogens with zero attached hydrogens (tertiary/aromatic N) is 3. The smallest absolute Gasteiger partial charge is 0.273 e. The molecule has 3 aromatic heterocycles. The molecule has 0 atom stereocenters. The van der Waals surface area contributed by atoms with Crippen LogP contribution in [0.4, 0.5) is 0 Å². The van der Waals surface area contributed by atoms with Gasteiger partial charge >= 0.3 is 0 Å². The molecule has 1 N–H and O–H groups in total. The zero-order valence-electron chi connectivity index (χ0n) is 13.6. The molecule has 0 saturated carbocycles. The van der Waals surface area contributed by atoms with Crippen molar-refractivity contribution in [3.63, 3.8) is 0 Å². The number of aryl methyl sites for hydroxylation is 1. The van der Waals surface area contributed by atoms with Crippen LogP contribution in [0.3, 0.4) is 0 Å². The minimum atomic E-state index is -0.171. The summed E-state index contributed by atoms with van der Waals surface area (Å²) in [4.78, 5) is 21.1. The molecule has 0 unspecified atom stereocenters. The maximum atomic E-state index is 12.4. The molecule has 0 bridgehead atoms. The van der Waals surface area contributed by atoms with Gasteiger partial charge in [-0.2, -0.15) is 0 Å². The largest absolute Gasteiger partial charge is 0.471 e. The Morgan fingerprint density at radius 2 is 1.92 bits per heavy atom. The molecular formula is C19H16N4O2. The summed E-state index contributed by atoms with van der Waals surface area (Å²) in [6.45, 7) is 2.14. The van der Waals surface area contributed by atoms with Crippen molar-refractivity contribution in [1.29, 1.82) is 0 Å². The van der Waals surface area contributed by atoms with E-state index in [0.29, 0.717) is 17.2 Å². The quantitative estimate of drug-likeness (QED) is 0.623. The van der Waals surface area contributed by atoms with Crippen molar-refractivity contribution < 1.29 is 4.74 Å². The summed E-state index contributed by atoms with van der Waals surface area (Å²) >= 11 is 0. The third kappa shape index (κ3) is 2.89. The van der Waals surface area contributed by atoms with Gasteiger partial charge in [0, 0.05) is 23.9 Å². The molecule has 0 aliphatic heterocycles. The predicted molar refractivity (Wildman–Crippen MR) is 94.6 cm³/mol. The Labute approximate surface area is 143 Å². The highest BCUT2D eigenvalue weighted by molar-refractivity contribution is 5.69. The molecule has 124 valence electrons. The minimum Gasteiger partial charge on any atom is -0.471 e. The molecule has 0 radical (unpaired) electrons. The van der Waals surface area contributed by atoms with E-state index in [1.54, 1.807) is 12.3 Å². The molecule has 4 aromatic rings. The molecular weight excluding hydrogens is 316 g/mol. The second kappa shape index (κ2) is 6.24. The van der Waals surface area contributed by atoms with Gasteiger partial charge in [-0.1, -0.05) is 36.4 Å². The van der Waals surface area contributed by atoms with Crippen LogP contribution in [0.15, 0.2) is 65.6 Å². The number of ether oxygens (including phenoxy) is 1. The zero-order chi connectivity index (χ0) is 17.2. The molecule has 0 saturated heterocycles. The maximum Gasteiger partial charge on any atom is 0.273 e. The van der Waals surface area contributed by atoms with Gasteiger partial charge in [0.15, 0.2) is 5.65 Å². The van der Waals surface area contributed by atoms with E-state index in [4.69, 9.17) is 4.74 Å². The Hall–Kier alpha value is -3.41. The van der Waals surface area contributed by atoms with Crippen molar-refractivity contribution in [2.45, 2.75) is 13.5 Å². The topological polar surface area (TPSA) is 72.3 Å². The SMILES string of the molecule is Cc1c(-c2ccccc2)[nH]n2c(=O)cc(COc3ccccn3)nc12. The Bertz CT molecular complexity index is 1070. The number of nitrogens with one attached hydrogen (secondary N) is 1. The summed E-state index contributed by atoms with van der Waals surface area (Å²) in [6.07, 6.45) is 1.66. The summed E-state index contributed by atoms with van der Waals surface area (Å²) in [7, 11) is 0. The highest BCUT2D eigenvalue weighted by Gasteiger charge is 2.13. The first kappa shape index (κ1) is 15.1. The monoisotopic (exact) mass is 332 g/mol. The van der Waals surface area contributed by atoms with Crippen molar-refractivity contribution in [2.24, 2.45) is 0 Å². The van der Waals surface area contributed by atoms with Crippen molar-refractivity contribution >= 4 is 5.65 Å². The standard InChI is InChI=1S/C19H16N4O2/c1-13-18(14-7-3-2-4-8-14)22-23-17(24)11-15(21-19(13)23)12-25-16-9-5-6-10-20-16/h2-11,22H,12H2,1H3. The summed E-state index contributed by atoms with van der Waals surface area (Å²) in [6, 6.07) is 16.8. The highest BCUT2D eigenvalue weighted by atomic mass is 16.5. The average molecular weight is 332 g/mol. The van der Waals surface area contributed by atoms with Crippen LogP contribution in [0.5, 0.6) is 5.88 Å². The lowest BCUT2D eigenvalue weighted by atomic mass is 10.1. The van der Waals surface area contributed by atoms with E-state index in [2.05, 4.69) is 15.1 Å². The van der Waals surface area contributed by atoms with Gasteiger partial charge in [0.2, 0.25) is 5.88 Å². The predicted octanol–water partition coefficient (Wildman–Crippen LogP) is 2.97. The normalized spacial score (nSPS) is 10.9. The van der Waals surface area contributed by atoms with Gasteiger partial charge in [-0.15, -0.1) is 0 Å². The third-order valence-corrected chi connectivity index (χ3v) is 3.97. The van der Waals surface area contributed by atoms with Crippen LogP contribution in [0, 0.1) is 6.92 Å². The van der Waals surface area contributed by atoms with Gasteiger partial charge in [-0.3, -0.25) is 9.89 Å². The van der Waals surface area contributed by atoms with Crippen LogP contribution in [0.1, 0.15) is 11.3 Å². The van der Waals surface area contributed by atoms with E-state index < -0.39 is 0 Å². The summed E-state index contributed by atoms with van der Waals surface area (Å²) in [5.41, 5.74) is 3.81. The van der Waals surface area contributed by atoms with Gasteiger partial charge in [-0.25, -0.2) is 14.5 Å². The third-order valence-electron chi connectivity index (χ3n) is 3.97. The lowest BCUT2D eigenvalue weighted by molar-refractivity contribution is 0.289. The maximum absolute atomic E-state index is 12.4. The number of benzene rings is 1. The average Bonchev–Trinajstić information content (AvgIpc) is 2.99.